The number of hydrogen-bond acceptors (Lipinski definition) is 4. The van der Waals surface area contributed by atoms with Crippen LogP contribution in [-0.4, -0.2) is 23.0 Å². The Hall–Kier alpha value is -2.50. The Kier molecular flexibility index (Phi) is 3.47. The van der Waals surface area contributed by atoms with Gasteiger partial charge in [-0.1, -0.05) is 12.1 Å². The van der Waals surface area contributed by atoms with Crippen molar-refractivity contribution in [2.75, 3.05) is 12.4 Å². The van der Waals surface area contributed by atoms with Gasteiger partial charge in [0.1, 0.15) is 5.82 Å². The molecule has 0 fully saturated rings. The summed E-state index contributed by atoms with van der Waals surface area (Å²) < 4.78 is 18.1. The normalized spacial score (nSPS) is 9.89. The summed E-state index contributed by atoms with van der Waals surface area (Å²) in [5.41, 5.74) is 0.331. The van der Waals surface area contributed by atoms with E-state index in [1.807, 2.05) is 0 Å². The molecule has 1 amide bonds. The lowest BCUT2D eigenvalue weighted by Gasteiger charge is -2.05. The van der Waals surface area contributed by atoms with Crippen LogP contribution >= 0.6 is 0 Å². The SMILES string of the molecule is COc1ncc(NC(=O)c2ccccc2F)cn1. The molecule has 0 saturated heterocycles. The number of carbonyl (C=O) groups is 1. The minimum atomic E-state index is -0.579. The zero-order valence-corrected chi connectivity index (χ0v) is 9.55. The second-order valence-electron chi connectivity index (χ2n) is 3.39. The van der Waals surface area contributed by atoms with Gasteiger partial charge in [0.05, 0.1) is 30.8 Å². The van der Waals surface area contributed by atoms with Gasteiger partial charge in [-0.15, -0.1) is 0 Å². The Balaban J connectivity index is 2.14. The van der Waals surface area contributed by atoms with Crippen molar-refractivity contribution in [2.45, 2.75) is 0 Å². The van der Waals surface area contributed by atoms with E-state index in [4.69, 9.17) is 4.74 Å². The Morgan fingerprint density at radius 2 is 1.94 bits per heavy atom. The first-order valence-electron chi connectivity index (χ1n) is 5.12. The molecule has 5 nitrogen and oxygen atoms in total. The van der Waals surface area contributed by atoms with Crippen molar-refractivity contribution in [1.29, 1.82) is 0 Å². The van der Waals surface area contributed by atoms with Crippen LogP contribution in [0, 0.1) is 5.82 Å². The van der Waals surface area contributed by atoms with Crippen molar-refractivity contribution in [3.63, 3.8) is 0 Å². The molecule has 6 heteroatoms. The Labute approximate surface area is 103 Å². The van der Waals surface area contributed by atoms with E-state index < -0.39 is 11.7 Å². The average molecular weight is 247 g/mol. The molecule has 0 atom stereocenters. The van der Waals surface area contributed by atoms with Crippen molar-refractivity contribution in [3.8, 4) is 6.01 Å². The van der Waals surface area contributed by atoms with Gasteiger partial charge < -0.3 is 10.1 Å². The summed E-state index contributed by atoms with van der Waals surface area (Å²) in [6, 6.07) is 5.92. The highest BCUT2D eigenvalue weighted by Gasteiger charge is 2.11. The molecular formula is C12H10FN3O2. The highest BCUT2D eigenvalue weighted by atomic mass is 19.1. The summed E-state index contributed by atoms with van der Waals surface area (Å²) in [6.07, 6.45) is 2.76. The van der Waals surface area contributed by atoms with Gasteiger partial charge in [-0.05, 0) is 12.1 Å². The molecule has 2 rings (SSSR count). The van der Waals surface area contributed by atoms with E-state index in [0.29, 0.717) is 5.69 Å². The highest BCUT2D eigenvalue weighted by molar-refractivity contribution is 6.04. The maximum Gasteiger partial charge on any atom is 0.316 e. The molecule has 0 aliphatic heterocycles. The van der Waals surface area contributed by atoms with E-state index in [1.165, 1.54) is 37.7 Å². The van der Waals surface area contributed by atoms with Gasteiger partial charge >= 0.3 is 6.01 Å². The molecule has 0 radical (unpaired) electrons. The van der Waals surface area contributed by atoms with E-state index in [1.54, 1.807) is 6.07 Å². The van der Waals surface area contributed by atoms with E-state index in [-0.39, 0.29) is 11.6 Å². The molecule has 92 valence electrons. The van der Waals surface area contributed by atoms with Crippen LogP contribution in [0.2, 0.25) is 0 Å². The number of methoxy groups -OCH3 is 1. The third-order valence-electron chi connectivity index (χ3n) is 2.19. The van der Waals surface area contributed by atoms with Crippen LogP contribution in [-0.2, 0) is 0 Å². The minimum Gasteiger partial charge on any atom is -0.467 e. The molecule has 0 aliphatic rings. The van der Waals surface area contributed by atoms with Crippen molar-refractivity contribution in [1.82, 2.24) is 9.97 Å². The number of halogens is 1. The van der Waals surface area contributed by atoms with Crippen LogP contribution in [0.4, 0.5) is 10.1 Å². The fourth-order valence-corrected chi connectivity index (χ4v) is 1.33. The second kappa shape index (κ2) is 5.22. The van der Waals surface area contributed by atoms with Crippen LogP contribution in [0.15, 0.2) is 36.7 Å². The largest absolute Gasteiger partial charge is 0.467 e. The summed E-state index contributed by atoms with van der Waals surface area (Å²) >= 11 is 0. The highest BCUT2D eigenvalue weighted by Crippen LogP contribution is 2.11. The molecule has 0 spiro atoms. The van der Waals surface area contributed by atoms with Gasteiger partial charge in [-0.25, -0.2) is 14.4 Å². The first kappa shape index (κ1) is 12.0. The number of hydrogen-bond donors (Lipinski definition) is 1. The monoisotopic (exact) mass is 247 g/mol. The topological polar surface area (TPSA) is 64.1 Å². The number of nitrogens with zero attached hydrogens (tertiary/aromatic N) is 2. The van der Waals surface area contributed by atoms with Crippen LogP contribution in [0.3, 0.4) is 0 Å². The molecule has 2 aromatic rings. The van der Waals surface area contributed by atoms with Gasteiger partial charge in [-0.3, -0.25) is 4.79 Å². The van der Waals surface area contributed by atoms with Crippen molar-refractivity contribution in [2.24, 2.45) is 0 Å². The summed E-state index contributed by atoms with van der Waals surface area (Å²) in [5, 5.41) is 2.49. The standard InChI is InChI=1S/C12H10FN3O2/c1-18-12-14-6-8(7-15-12)16-11(17)9-4-2-3-5-10(9)13/h2-7H,1H3,(H,16,17). The van der Waals surface area contributed by atoms with Gasteiger partial charge in [0.25, 0.3) is 5.91 Å². The fraction of sp³-hybridized carbons (Fsp3) is 0.0833. The van der Waals surface area contributed by atoms with Gasteiger partial charge in [-0.2, -0.15) is 0 Å². The maximum atomic E-state index is 13.3. The molecule has 18 heavy (non-hydrogen) atoms. The number of anilines is 1. The molecule has 0 aliphatic carbocycles. The third kappa shape index (κ3) is 2.60. The molecule has 1 aromatic heterocycles. The number of amides is 1. The van der Waals surface area contributed by atoms with E-state index in [9.17, 15) is 9.18 Å². The average Bonchev–Trinajstić information content (AvgIpc) is 2.40. The minimum absolute atomic E-state index is 0.0340. The van der Waals surface area contributed by atoms with E-state index >= 15 is 0 Å². The number of carbonyl (C=O) groups excluding carboxylic acids is 1. The lowest BCUT2D eigenvalue weighted by Crippen LogP contribution is -2.14. The van der Waals surface area contributed by atoms with Gasteiger partial charge in [0.2, 0.25) is 0 Å². The molecule has 1 N–H and O–H groups in total. The van der Waals surface area contributed by atoms with E-state index in [0.717, 1.165) is 0 Å². The van der Waals surface area contributed by atoms with Gasteiger partial charge in [0.15, 0.2) is 0 Å². The Morgan fingerprint density at radius 3 is 2.56 bits per heavy atom. The summed E-state index contributed by atoms with van der Waals surface area (Å²) in [6.45, 7) is 0. The Bertz CT molecular complexity index is 558. The Morgan fingerprint density at radius 1 is 1.28 bits per heavy atom. The van der Waals surface area contributed by atoms with Crippen LogP contribution < -0.4 is 10.1 Å². The smallest absolute Gasteiger partial charge is 0.316 e. The molecule has 0 bridgehead atoms. The molecule has 1 heterocycles. The first-order chi connectivity index (χ1) is 8.70. The number of rotatable bonds is 3. The third-order valence-corrected chi connectivity index (χ3v) is 2.19. The van der Waals surface area contributed by atoms with Crippen LogP contribution in [0.1, 0.15) is 10.4 Å². The molecule has 0 saturated carbocycles. The number of ether oxygens (including phenoxy) is 1. The molecule has 0 unspecified atom stereocenters. The van der Waals surface area contributed by atoms with Crippen LogP contribution in [0.25, 0.3) is 0 Å². The summed E-state index contributed by atoms with van der Waals surface area (Å²) in [5.74, 6) is -1.13. The zero-order chi connectivity index (χ0) is 13.0. The molecular weight excluding hydrogens is 237 g/mol. The molecule has 1 aromatic carbocycles. The first-order valence-corrected chi connectivity index (χ1v) is 5.12. The zero-order valence-electron chi connectivity index (χ0n) is 9.55. The van der Waals surface area contributed by atoms with Crippen LogP contribution in [0.5, 0.6) is 6.01 Å². The quantitative estimate of drug-likeness (QED) is 0.899. The lowest BCUT2D eigenvalue weighted by molar-refractivity contribution is 0.102. The predicted molar refractivity (Wildman–Crippen MR) is 62.9 cm³/mol. The van der Waals surface area contributed by atoms with E-state index in [2.05, 4.69) is 15.3 Å². The number of aromatic nitrogens is 2. The predicted octanol–water partition coefficient (Wildman–Crippen LogP) is 1.88. The van der Waals surface area contributed by atoms with Gasteiger partial charge in [0, 0.05) is 0 Å². The van der Waals surface area contributed by atoms with Crippen molar-refractivity contribution in [3.05, 3.63) is 48.0 Å². The maximum absolute atomic E-state index is 13.3. The number of nitrogens with one attached hydrogen (secondary N) is 1. The van der Waals surface area contributed by atoms with Crippen molar-refractivity contribution >= 4 is 11.6 Å². The lowest BCUT2D eigenvalue weighted by atomic mass is 10.2. The van der Waals surface area contributed by atoms with Crippen molar-refractivity contribution < 1.29 is 13.9 Å². The second-order valence-corrected chi connectivity index (χ2v) is 3.39. The summed E-state index contributed by atoms with van der Waals surface area (Å²) in [4.78, 5) is 19.4. The fourth-order valence-electron chi connectivity index (χ4n) is 1.33. The summed E-state index contributed by atoms with van der Waals surface area (Å²) in [7, 11) is 1.44. The number of benzene rings is 1.